The van der Waals surface area contributed by atoms with Crippen LogP contribution in [-0.2, 0) is 0 Å². The first-order valence-electron chi connectivity index (χ1n) is 5.57. The van der Waals surface area contributed by atoms with E-state index in [1.165, 1.54) is 0 Å². The van der Waals surface area contributed by atoms with Crippen molar-refractivity contribution in [2.45, 2.75) is 0 Å². The highest BCUT2D eigenvalue weighted by Crippen LogP contribution is 2.23. The predicted molar refractivity (Wildman–Crippen MR) is 71.4 cm³/mol. The quantitative estimate of drug-likeness (QED) is 0.642. The third-order valence-electron chi connectivity index (χ3n) is 2.63. The molecule has 0 unspecified atom stereocenters. The summed E-state index contributed by atoms with van der Waals surface area (Å²) in [7, 11) is 5.49. The Kier molecular flexibility index (Phi) is 4.78. The van der Waals surface area contributed by atoms with Crippen molar-refractivity contribution in [1.29, 1.82) is 0 Å². The van der Waals surface area contributed by atoms with Gasteiger partial charge in [-0.25, -0.2) is 0 Å². The molecule has 17 heavy (non-hydrogen) atoms. The lowest BCUT2D eigenvalue weighted by Crippen LogP contribution is -2.27. The van der Waals surface area contributed by atoms with Gasteiger partial charge in [-0.2, -0.15) is 0 Å². The van der Waals surface area contributed by atoms with Crippen LogP contribution in [0.2, 0.25) is 0 Å². The number of hydrogen-bond acceptors (Lipinski definition) is 4. The summed E-state index contributed by atoms with van der Waals surface area (Å²) >= 11 is 0. The van der Waals surface area contributed by atoms with E-state index in [1.807, 2.05) is 20.2 Å². The Morgan fingerprint density at radius 1 is 1.41 bits per heavy atom. The molecule has 0 aliphatic heterocycles. The Balaban J connectivity index is 2.85. The fourth-order valence-electron chi connectivity index (χ4n) is 1.59. The molecule has 0 bridgehead atoms. The standard InChI is InChI=1S/C12H20N4O/c1-14-6-7-16(3)11-5-4-9(8-10(11)13)12(17)15-2/h4-5,8,14H,6-7,13H2,1-3H3,(H,15,17). The molecule has 0 aliphatic carbocycles. The molecule has 5 heteroatoms. The molecule has 0 heterocycles. The maximum atomic E-state index is 11.4. The molecule has 0 spiro atoms. The summed E-state index contributed by atoms with van der Waals surface area (Å²) in [4.78, 5) is 13.5. The fraction of sp³-hybridized carbons (Fsp3) is 0.417. The van der Waals surface area contributed by atoms with Gasteiger partial charge in [-0.3, -0.25) is 4.79 Å². The summed E-state index contributed by atoms with van der Waals surface area (Å²) in [6, 6.07) is 5.35. The molecule has 4 N–H and O–H groups in total. The monoisotopic (exact) mass is 236 g/mol. The molecule has 5 nitrogen and oxygen atoms in total. The third-order valence-corrected chi connectivity index (χ3v) is 2.63. The van der Waals surface area contributed by atoms with Crippen LogP contribution >= 0.6 is 0 Å². The summed E-state index contributed by atoms with van der Waals surface area (Å²) in [5.74, 6) is -0.124. The average molecular weight is 236 g/mol. The molecular weight excluding hydrogens is 216 g/mol. The van der Waals surface area contributed by atoms with E-state index in [-0.39, 0.29) is 5.91 Å². The number of nitrogens with two attached hydrogens (primary N) is 1. The van der Waals surface area contributed by atoms with Gasteiger partial charge in [-0.15, -0.1) is 0 Å². The van der Waals surface area contributed by atoms with Crippen LogP contribution in [0.3, 0.4) is 0 Å². The number of carbonyl (C=O) groups excluding carboxylic acids is 1. The van der Waals surface area contributed by atoms with Crippen molar-refractivity contribution >= 4 is 17.3 Å². The number of rotatable bonds is 5. The topological polar surface area (TPSA) is 70.4 Å². The molecule has 1 rings (SSSR count). The van der Waals surface area contributed by atoms with Crippen molar-refractivity contribution in [2.75, 3.05) is 44.9 Å². The van der Waals surface area contributed by atoms with Gasteiger partial charge in [0.2, 0.25) is 0 Å². The number of nitrogens with zero attached hydrogens (tertiary/aromatic N) is 1. The molecule has 0 radical (unpaired) electrons. The Hall–Kier alpha value is -1.75. The second-order valence-electron chi connectivity index (χ2n) is 3.88. The van der Waals surface area contributed by atoms with Crippen molar-refractivity contribution in [2.24, 2.45) is 0 Å². The van der Waals surface area contributed by atoms with Crippen molar-refractivity contribution in [1.82, 2.24) is 10.6 Å². The number of nitrogens with one attached hydrogen (secondary N) is 2. The normalized spacial score (nSPS) is 10.1. The minimum absolute atomic E-state index is 0.124. The molecule has 1 aromatic carbocycles. The SMILES string of the molecule is CNCCN(C)c1ccc(C(=O)NC)cc1N. The minimum Gasteiger partial charge on any atom is -0.397 e. The number of amides is 1. The molecule has 0 saturated heterocycles. The van der Waals surface area contributed by atoms with Crippen LogP contribution in [-0.4, -0.2) is 40.1 Å². The smallest absolute Gasteiger partial charge is 0.251 e. The Bertz CT molecular complexity index is 392. The zero-order valence-electron chi connectivity index (χ0n) is 10.6. The van der Waals surface area contributed by atoms with Crippen molar-refractivity contribution < 1.29 is 4.79 Å². The van der Waals surface area contributed by atoms with E-state index in [4.69, 9.17) is 5.73 Å². The van der Waals surface area contributed by atoms with Gasteiger partial charge < -0.3 is 21.3 Å². The van der Waals surface area contributed by atoms with E-state index in [0.717, 1.165) is 18.8 Å². The van der Waals surface area contributed by atoms with Crippen LogP contribution in [0.15, 0.2) is 18.2 Å². The zero-order valence-corrected chi connectivity index (χ0v) is 10.6. The number of carbonyl (C=O) groups is 1. The molecule has 0 aromatic heterocycles. The minimum atomic E-state index is -0.124. The Labute approximate surface area is 102 Å². The van der Waals surface area contributed by atoms with E-state index in [9.17, 15) is 4.79 Å². The van der Waals surface area contributed by atoms with Crippen molar-refractivity contribution in [3.8, 4) is 0 Å². The number of nitrogen functional groups attached to an aromatic ring is 1. The highest BCUT2D eigenvalue weighted by atomic mass is 16.1. The van der Waals surface area contributed by atoms with Gasteiger partial charge in [-0.05, 0) is 25.2 Å². The predicted octanol–water partition coefficient (Wildman–Crippen LogP) is 0.284. The van der Waals surface area contributed by atoms with Crippen molar-refractivity contribution in [3.63, 3.8) is 0 Å². The highest BCUT2D eigenvalue weighted by Gasteiger charge is 2.09. The van der Waals surface area contributed by atoms with Gasteiger partial charge in [-0.1, -0.05) is 0 Å². The van der Waals surface area contributed by atoms with E-state index in [1.54, 1.807) is 19.2 Å². The average Bonchev–Trinajstić information content (AvgIpc) is 2.34. The van der Waals surface area contributed by atoms with Crippen LogP contribution in [0.5, 0.6) is 0 Å². The Morgan fingerprint density at radius 2 is 2.12 bits per heavy atom. The summed E-state index contributed by atoms with van der Waals surface area (Å²) in [6.07, 6.45) is 0. The third kappa shape index (κ3) is 3.35. The highest BCUT2D eigenvalue weighted by molar-refractivity contribution is 5.95. The number of likely N-dealkylation sites (N-methyl/N-ethyl adjacent to an activating group) is 2. The van der Waals surface area contributed by atoms with Gasteiger partial charge in [0.25, 0.3) is 5.91 Å². The molecule has 1 amide bonds. The second-order valence-corrected chi connectivity index (χ2v) is 3.88. The Morgan fingerprint density at radius 3 is 2.65 bits per heavy atom. The first kappa shape index (κ1) is 13.3. The van der Waals surface area contributed by atoms with Crippen LogP contribution in [0.25, 0.3) is 0 Å². The lowest BCUT2D eigenvalue weighted by molar-refractivity contribution is 0.0963. The molecule has 94 valence electrons. The fourth-order valence-corrected chi connectivity index (χ4v) is 1.59. The summed E-state index contributed by atoms with van der Waals surface area (Å²) in [5.41, 5.74) is 8.08. The largest absolute Gasteiger partial charge is 0.397 e. The van der Waals surface area contributed by atoms with Crippen molar-refractivity contribution in [3.05, 3.63) is 23.8 Å². The van der Waals surface area contributed by atoms with E-state index in [2.05, 4.69) is 15.5 Å². The van der Waals surface area contributed by atoms with Gasteiger partial charge in [0.05, 0.1) is 11.4 Å². The van der Waals surface area contributed by atoms with E-state index in [0.29, 0.717) is 11.3 Å². The zero-order chi connectivity index (χ0) is 12.8. The number of benzene rings is 1. The second kappa shape index (κ2) is 6.10. The lowest BCUT2D eigenvalue weighted by atomic mass is 10.1. The van der Waals surface area contributed by atoms with E-state index < -0.39 is 0 Å². The molecule has 0 fully saturated rings. The summed E-state index contributed by atoms with van der Waals surface area (Å²) in [6.45, 7) is 1.74. The molecule has 0 atom stereocenters. The molecule has 1 aromatic rings. The number of hydrogen-bond donors (Lipinski definition) is 3. The molecule has 0 saturated carbocycles. The van der Waals surface area contributed by atoms with Crippen LogP contribution in [0, 0.1) is 0 Å². The van der Waals surface area contributed by atoms with Gasteiger partial charge in [0, 0.05) is 32.7 Å². The maximum absolute atomic E-state index is 11.4. The lowest BCUT2D eigenvalue weighted by Gasteiger charge is -2.21. The maximum Gasteiger partial charge on any atom is 0.251 e. The molecule has 0 aliphatic rings. The van der Waals surface area contributed by atoms with Gasteiger partial charge in [0.15, 0.2) is 0 Å². The molecular formula is C12H20N4O. The van der Waals surface area contributed by atoms with E-state index >= 15 is 0 Å². The van der Waals surface area contributed by atoms with Crippen LogP contribution < -0.4 is 21.3 Å². The first-order valence-corrected chi connectivity index (χ1v) is 5.57. The van der Waals surface area contributed by atoms with Crippen LogP contribution in [0.1, 0.15) is 10.4 Å². The van der Waals surface area contributed by atoms with Gasteiger partial charge >= 0.3 is 0 Å². The summed E-state index contributed by atoms with van der Waals surface area (Å²) in [5, 5.41) is 5.65. The number of anilines is 2. The van der Waals surface area contributed by atoms with Crippen LogP contribution in [0.4, 0.5) is 11.4 Å². The summed E-state index contributed by atoms with van der Waals surface area (Å²) < 4.78 is 0. The van der Waals surface area contributed by atoms with Gasteiger partial charge in [0.1, 0.15) is 0 Å². The first-order chi connectivity index (χ1) is 8.10.